The van der Waals surface area contributed by atoms with E-state index in [1.54, 1.807) is 0 Å². The maximum Gasteiger partial charge on any atom is 0.282 e. The Hall–Kier alpha value is -0.660. The molecule has 0 aliphatic heterocycles. The molecule has 0 atom stereocenters. The fraction of sp³-hybridized carbons (Fsp3) is 0.714. The molecule has 0 spiro atoms. The van der Waals surface area contributed by atoms with E-state index in [-0.39, 0.29) is 0 Å². The van der Waals surface area contributed by atoms with Gasteiger partial charge in [-0.1, -0.05) is 0 Å². The Labute approximate surface area is 64.6 Å². The molecule has 0 radical (unpaired) electrons. The molecular weight excluding hydrogens is 152 g/mol. The summed E-state index contributed by atoms with van der Waals surface area (Å²) in [6, 6.07) is 0. The quantitative estimate of drug-likeness (QED) is 0.449. The van der Waals surface area contributed by atoms with Crippen molar-refractivity contribution in [1.29, 1.82) is 0 Å². The first kappa shape index (κ1) is 10.3. The van der Waals surface area contributed by atoms with Gasteiger partial charge in [-0.05, 0) is 0 Å². The van der Waals surface area contributed by atoms with E-state index in [9.17, 15) is 8.78 Å². The summed E-state index contributed by atoms with van der Waals surface area (Å²) in [5, 5.41) is 10.5. The molecule has 0 amide bonds. The molecule has 4 heteroatoms. The molecule has 0 unspecified atom stereocenters. The molecule has 0 saturated heterocycles. The van der Waals surface area contributed by atoms with E-state index >= 15 is 0 Å². The van der Waals surface area contributed by atoms with E-state index in [4.69, 9.17) is 11.5 Å². The largest absolute Gasteiger partial charge is 0.390 e. The van der Waals surface area contributed by atoms with Crippen LogP contribution in [0.2, 0.25) is 0 Å². The minimum atomic E-state index is -3.03. The van der Waals surface area contributed by atoms with Crippen molar-refractivity contribution in [1.82, 2.24) is 5.32 Å². The van der Waals surface area contributed by atoms with Crippen molar-refractivity contribution in [3.05, 3.63) is 0 Å². The van der Waals surface area contributed by atoms with Gasteiger partial charge < -0.3 is 10.4 Å². The summed E-state index contributed by atoms with van der Waals surface area (Å²) >= 11 is 0. The summed E-state index contributed by atoms with van der Waals surface area (Å²) in [7, 11) is 0. The Morgan fingerprint density at radius 1 is 1.55 bits per heavy atom. The third-order valence-electron chi connectivity index (χ3n) is 1.06. The van der Waals surface area contributed by atoms with E-state index in [0.29, 0.717) is 13.0 Å². The molecule has 11 heavy (non-hydrogen) atoms. The number of hydrogen-bond donors (Lipinski definition) is 2. The van der Waals surface area contributed by atoms with Crippen LogP contribution in [0.5, 0.6) is 0 Å². The topological polar surface area (TPSA) is 32.3 Å². The number of aliphatic hydroxyl groups excluding tert-OH is 1. The molecule has 0 aliphatic rings. The van der Waals surface area contributed by atoms with Gasteiger partial charge in [0.15, 0.2) is 0 Å². The molecule has 0 heterocycles. The van der Waals surface area contributed by atoms with Gasteiger partial charge in [0.25, 0.3) is 5.92 Å². The molecule has 0 aromatic carbocycles. The monoisotopic (exact) mass is 163 g/mol. The molecule has 0 aliphatic carbocycles. The molecule has 0 aromatic rings. The number of aliphatic hydroxyl groups is 1. The predicted molar refractivity (Wildman–Crippen MR) is 38.4 cm³/mol. The van der Waals surface area contributed by atoms with Gasteiger partial charge >= 0.3 is 0 Å². The van der Waals surface area contributed by atoms with Crippen molar-refractivity contribution in [2.24, 2.45) is 0 Å². The van der Waals surface area contributed by atoms with E-state index in [2.05, 4.69) is 11.2 Å². The van der Waals surface area contributed by atoms with Crippen molar-refractivity contribution < 1.29 is 13.9 Å². The molecule has 0 bridgehead atoms. The van der Waals surface area contributed by atoms with Crippen LogP contribution in [0.15, 0.2) is 0 Å². The van der Waals surface area contributed by atoms with Crippen LogP contribution in [-0.2, 0) is 0 Å². The molecular formula is C7H11F2NO. The number of terminal acetylenes is 1. The number of alkyl halides is 2. The van der Waals surface area contributed by atoms with Gasteiger partial charge in [0.1, 0.15) is 6.61 Å². The first-order valence-electron chi connectivity index (χ1n) is 3.25. The predicted octanol–water partition coefficient (Wildman–Crippen LogP) is 0.227. The fourth-order valence-corrected chi connectivity index (χ4v) is 0.488. The van der Waals surface area contributed by atoms with E-state index in [1.807, 2.05) is 0 Å². The van der Waals surface area contributed by atoms with Crippen molar-refractivity contribution in [3.8, 4) is 12.3 Å². The summed E-state index contributed by atoms with van der Waals surface area (Å²) in [5.41, 5.74) is 0. The highest BCUT2D eigenvalue weighted by molar-refractivity contribution is 4.84. The second kappa shape index (κ2) is 5.05. The second-order valence-electron chi connectivity index (χ2n) is 2.14. The lowest BCUT2D eigenvalue weighted by atomic mass is 10.3. The van der Waals surface area contributed by atoms with E-state index in [0.717, 1.165) is 0 Å². The highest BCUT2D eigenvalue weighted by atomic mass is 19.3. The molecule has 2 N–H and O–H groups in total. The first-order valence-corrected chi connectivity index (χ1v) is 3.25. The summed E-state index contributed by atoms with van der Waals surface area (Å²) in [6.07, 6.45) is 5.30. The van der Waals surface area contributed by atoms with Crippen LogP contribution in [0, 0.1) is 12.3 Å². The van der Waals surface area contributed by atoms with Gasteiger partial charge in [0, 0.05) is 13.0 Å². The van der Waals surface area contributed by atoms with Gasteiger partial charge in [-0.25, -0.2) is 8.78 Å². The Morgan fingerprint density at radius 2 is 2.18 bits per heavy atom. The van der Waals surface area contributed by atoms with Crippen molar-refractivity contribution >= 4 is 0 Å². The Morgan fingerprint density at radius 3 is 2.64 bits per heavy atom. The highest BCUT2D eigenvalue weighted by Crippen LogP contribution is 2.09. The lowest BCUT2D eigenvalue weighted by Gasteiger charge is -2.12. The summed E-state index contributed by atoms with van der Waals surface area (Å²) in [5.74, 6) is -0.731. The lowest BCUT2D eigenvalue weighted by molar-refractivity contribution is -0.0473. The minimum absolute atomic E-state index is 0.353. The van der Waals surface area contributed by atoms with Gasteiger partial charge in [0.05, 0.1) is 6.54 Å². The van der Waals surface area contributed by atoms with Crippen LogP contribution in [0.3, 0.4) is 0 Å². The maximum absolute atomic E-state index is 12.2. The zero-order valence-corrected chi connectivity index (χ0v) is 6.11. The third kappa shape index (κ3) is 5.77. The zero-order chi connectivity index (χ0) is 8.74. The Balaban J connectivity index is 3.32. The van der Waals surface area contributed by atoms with Crippen molar-refractivity contribution in [3.63, 3.8) is 0 Å². The van der Waals surface area contributed by atoms with Crippen molar-refractivity contribution in [2.45, 2.75) is 12.3 Å². The molecule has 0 saturated carbocycles. The second-order valence-corrected chi connectivity index (χ2v) is 2.14. The van der Waals surface area contributed by atoms with Gasteiger partial charge in [-0.2, -0.15) is 0 Å². The first-order chi connectivity index (χ1) is 5.12. The average Bonchev–Trinajstić information content (AvgIpc) is 1.99. The van der Waals surface area contributed by atoms with Gasteiger partial charge in [-0.3, -0.25) is 0 Å². The number of nitrogens with one attached hydrogen (secondary N) is 1. The van der Waals surface area contributed by atoms with Crippen LogP contribution in [0.25, 0.3) is 0 Å². The van der Waals surface area contributed by atoms with Crippen LogP contribution < -0.4 is 5.32 Å². The molecule has 2 nitrogen and oxygen atoms in total. The lowest BCUT2D eigenvalue weighted by Crippen LogP contribution is -2.36. The van der Waals surface area contributed by atoms with Gasteiger partial charge in [0.2, 0.25) is 0 Å². The third-order valence-corrected chi connectivity index (χ3v) is 1.06. The number of hydrogen-bond acceptors (Lipinski definition) is 2. The number of rotatable bonds is 5. The molecule has 64 valence electrons. The molecule has 0 rings (SSSR count). The highest BCUT2D eigenvalue weighted by Gasteiger charge is 2.26. The number of halogens is 2. The Bertz CT molecular complexity index is 142. The molecule has 0 aromatic heterocycles. The maximum atomic E-state index is 12.2. The van der Waals surface area contributed by atoms with Crippen LogP contribution in [-0.4, -0.2) is 30.7 Å². The Kier molecular flexibility index (Phi) is 4.75. The summed E-state index contributed by atoms with van der Waals surface area (Å²) in [6.45, 7) is -1.30. The van der Waals surface area contributed by atoms with Crippen molar-refractivity contribution in [2.75, 3.05) is 19.7 Å². The van der Waals surface area contributed by atoms with Crippen LogP contribution in [0.4, 0.5) is 8.78 Å². The van der Waals surface area contributed by atoms with Gasteiger partial charge in [-0.15, -0.1) is 12.3 Å². The molecule has 0 fully saturated rings. The summed E-state index contributed by atoms with van der Waals surface area (Å²) < 4.78 is 24.4. The normalized spacial score (nSPS) is 11.1. The van der Waals surface area contributed by atoms with E-state index < -0.39 is 19.1 Å². The van der Waals surface area contributed by atoms with Crippen LogP contribution >= 0.6 is 0 Å². The van der Waals surface area contributed by atoms with E-state index in [1.165, 1.54) is 0 Å². The minimum Gasteiger partial charge on any atom is -0.390 e. The summed E-state index contributed by atoms with van der Waals surface area (Å²) in [4.78, 5) is 0. The van der Waals surface area contributed by atoms with Crippen LogP contribution in [0.1, 0.15) is 6.42 Å². The smallest absolute Gasteiger partial charge is 0.282 e. The SMILES string of the molecule is C#CCCNCC(F)(F)CO. The average molecular weight is 163 g/mol. The fourth-order valence-electron chi connectivity index (χ4n) is 0.488. The zero-order valence-electron chi connectivity index (χ0n) is 6.11. The standard InChI is InChI=1S/C7H11F2NO/c1-2-3-4-10-5-7(8,9)6-11/h1,10-11H,3-6H2.